The van der Waals surface area contributed by atoms with Gasteiger partial charge in [0.1, 0.15) is 4.75 Å². The molecule has 1 unspecified atom stereocenters. The zero-order valence-corrected chi connectivity index (χ0v) is 17.1. The lowest BCUT2D eigenvalue weighted by Gasteiger charge is -2.31. The number of carbonyl (C=O) groups excluding carboxylic acids is 2. The molecular formula is C16H36N2O7S. The van der Waals surface area contributed by atoms with E-state index in [2.05, 4.69) is 6.92 Å². The Hall–Kier alpha value is -1.23. The molecule has 158 valence electrons. The number of hydrogen-bond acceptors (Lipinski definition) is 6. The van der Waals surface area contributed by atoms with Crippen LogP contribution in [0, 0.1) is 0 Å². The second-order valence-corrected chi connectivity index (χ2v) is 7.97. The normalized spacial score (nSPS) is 13.2. The monoisotopic (exact) mass is 400 g/mol. The van der Waals surface area contributed by atoms with Gasteiger partial charge in [-0.15, -0.1) is 0 Å². The highest BCUT2D eigenvalue weighted by Crippen LogP contribution is 2.28. The number of unbranched alkanes of at least 4 members (excludes halogenated alkanes) is 9. The van der Waals surface area contributed by atoms with Crippen molar-refractivity contribution in [3.05, 3.63) is 0 Å². The molecular weight excluding hydrogens is 364 g/mol. The summed E-state index contributed by atoms with van der Waals surface area (Å²) < 4.78 is 29.1. The average molecular weight is 401 g/mol. The Labute approximate surface area is 156 Å². The van der Waals surface area contributed by atoms with Gasteiger partial charge in [0.05, 0.1) is 5.97 Å². The van der Waals surface area contributed by atoms with Crippen molar-refractivity contribution in [1.82, 2.24) is 12.3 Å². The van der Waals surface area contributed by atoms with Gasteiger partial charge in [-0.05, 0) is 6.42 Å². The van der Waals surface area contributed by atoms with E-state index in [1.165, 1.54) is 25.7 Å². The maximum atomic E-state index is 11.4. The van der Waals surface area contributed by atoms with Gasteiger partial charge in [-0.25, -0.2) is 0 Å². The molecule has 10 heteroatoms. The van der Waals surface area contributed by atoms with Crippen molar-refractivity contribution in [2.75, 3.05) is 0 Å². The number of carboxylic acids is 2. The maximum absolute atomic E-state index is 11.4. The largest absolute Gasteiger partial charge is 0.550 e. The van der Waals surface area contributed by atoms with Gasteiger partial charge in [0.2, 0.25) is 0 Å². The van der Waals surface area contributed by atoms with Crippen LogP contribution in [0.3, 0.4) is 0 Å². The smallest absolute Gasteiger partial charge is 0.276 e. The molecule has 0 saturated heterocycles. The van der Waals surface area contributed by atoms with Crippen LogP contribution in [0.1, 0.15) is 84.0 Å². The Bertz CT molecular complexity index is 497. The highest BCUT2D eigenvalue weighted by atomic mass is 32.2. The topological polar surface area (TPSA) is 208 Å². The minimum atomic E-state index is -5.11. The van der Waals surface area contributed by atoms with Crippen LogP contribution in [0.5, 0.6) is 0 Å². The van der Waals surface area contributed by atoms with Crippen LogP contribution in [0.15, 0.2) is 0 Å². The van der Waals surface area contributed by atoms with E-state index in [-0.39, 0.29) is 18.7 Å². The summed E-state index contributed by atoms with van der Waals surface area (Å²) in [5.41, 5.74) is 0. The van der Waals surface area contributed by atoms with Crippen molar-refractivity contribution < 1.29 is 32.8 Å². The molecule has 0 heterocycles. The third kappa shape index (κ3) is 10.7. The summed E-state index contributed by atoms with van der Waals surface area (Å²) >= 11 is 0. The SMILES string of the molecule is CCCCCCCCCCCCC(CC(=O)[O-])(C(=O)[O-])S(=O)(=O)O.[NH4+].[NH4+]. The molecule has 0 spiro atoms. The van der Waals surface area contributed by atoms with Gasteiger partial charge in [-0.1, -0.05) is 71.1 Å². The summed E-state index contributed by atoms with van der Waals surface area (Å²) in [6, 6.07) is 0. The average Bonchev–Trinajstić information content (AvgIpc) is 2.46. The van der Waals surface area contributed by atoms with E-state index < -0.39 is 39.6 Å². The fraction of sp³-hybridized carbons (Fsp3) is 0.875. The molecule has 0 aliphatic heterocycles. The lowest BCUT2D eigenvalue weighted by molar-refractivity contribution is -0.319. The Morgan fingerprint density at radius 2 is 1.23 bits per heavy atom. The molecule has 0 aromatic rings. The molecule has 9 nitrogen and oxygen atoms in total. The van der Waals surface area contributed by atoms with E-state index >= 15 is 0 Å². The molecule has 1 atom stereocenters. The van der Waals surface area contributed by atoms with Crippen LogP contribution in [0.2, 0.25) is 0 Å². The third-order valence-corrected chi connectivity index (χ3v) is 5.73. The van der Waals surface area contributed by atoms with Crippen LogP contribution >= 0.6 is 0 Å². The van der Waals surface area contributed by atoms with E-state index in [4.69, 9.17) is 4.55 Å². The molecule has 0 aliphatic carbocycles. The summed E-state index contributed by atoms with van der Waals surface area (Å²) in [5, 5.41) is 21.8. The Kier molecular flexibility index (Phi) is 16.9. The minimum Gasteiger partial charge on any atom is -0.550 e. The van der Waals surface area contributed by atoms with Gasteiger partial charge in [0, 0.05) is 12.4 Å². The number of carboxylic acid groups (broad SMARTS) is 2. The van der Waals surface area contributed by atoms with Crippen LogP contribution in [0.4, 0.5) is 0 Å². The molecule has 0 aliphatic rings. The van der Waals surface area contributed by atoms with Gasteiger partial charge in [0.25, 0.3) is 10.1 Å². The van der Waals surface area contributed by atoms with Gasteiger partial charge in [0.15, 0.2) is 0 Å². The van der Waals surface area contributed by atoms with Crippen molar-refractivity contribution in [3.8, 4) is 0 Å². The Morgan fingerprint density at radius 1 is 0.846 bits per heavy atom. The van der Waals surface area contributed by atoms with Gasteiger partial charge >= 0.3 is 0 Å². The molecule has 0 aromatic carbocycles. The highest BCUT2D eigenvalue weighted by molar-refractivity contribution is 7.88. The summed E-state index contributed by atoms with van der Waals surface area (Å²) in [5.74, 6) is -3.96. The van der Waals surface area contributed by atoms with E-state index in [0.717, 1.165) is 25.7 Å². The molecule has 0 rings (SSSR count). The van der Waals surface area contributed by atoms with Crippen molar-refractivity contribution in [2.45, 2.75) is 88.7 Å². The fourth-order valence-electron chi connectivity index (χ4n) is 2.72. The minimum absolute atomic E-state index is 0. The molecule has 0 aromatic heterocycles. The first-order valence-electron chi connectivity index (χ1n) is 8.55. The second-order valence-electron chi connectivity index (χ2n) is 6.24. The highest BCUT2D eigenvalue weighted by Gasteiger charge is 2.44. The van der Waals surface area contributed by atoms with E-state index in [1.807, 2.05) is 0 Å². The predicted molar refractivity (Wildman–Crippen MR) is 97.3 cm³/mol. The summed E-state index contributed by atoms with van der Waals surface area (Å²) in [6.07, 6.45) is 7.72. The van der Waals surface area contributed by atoms with Crippen molar-refractivity contribution >= 4 is 22.1 Å². The Morgan fingerprint density at radius 3 is 1.54 bits per heavy atom. The number of aliphatic carboxylic acids is 2. The van der Waals surface area contributed by atoms with E-state index in [9.17, 15) is 28.2 Å². The maximum Gasteiger partial charge on any atom is 0.276 e. The van der Waals surface area contributed by atoms with Crippen molar-refractivity contribution in [3.63, 3.8) is 0 Å². The zero-order valence-electron chi connectivity index (χ0n) is 16.3. The number of hydrogen-bond donors (Lipinski definition) is 3. The molecule has 0 bridgehead atoms. The number of quaternary nitrogens is 2. The fourth-order valence-corrected chi connectivity index (χ4v) is 3.63. The third-order valence-electron chi connectivity index (χ3n) is 4.23. The molecule has 0 fully saturated rings. The van der Waals surface area contributed by atoms with E-state index in [0.29, 0.717) is 6.42 Å². The predicted octanol–water partition coefficient (Wildman–Crippen LogP) is 1.57. The first-order chi connectivity index (χ1) is 11.2. The quantitative estimate of drug-likeness (QED) is 0.272. The van der Waals surface area contributed by atoms with Crippen LogP contribution in [-0.2, 0) is 19.7 Å². The standard InChI is InChI=1S/C16H30O7S.2H3N/c1-2-3-4-5-6-7-8-9-10-11-12-16(15(19)20,13-14(17)18)24(21,22)23;;/h2-13H2,1H3,(H,17,18)(H,19,20)(H,21,22,23);2*1H3. The summed E-state index contributed by atoms with van der Waals surface area (Å²) in [6.45, 7) is 2.15. The molecule has 0 radical (unpaired) electrons. The van der Waals surface area contributed by atoms with Crippen LogP contribution in [-0.4, -0.2) is 29.7 Å². The second kappa shape index (κ2) is 14.9. The molecule has 0 amide bonds. The number of carbonyl (C=O) groups is 2. The lowest BCUT2D eigenvalue weighted by atomic mass is 9.96. The summed E-state index contributed by atoms with van der Waals surface area (Å²) in [4.78, 5) is 21.8. The number of rotatable bonds is 15. The van der Waals surface area contributed by atoms with Crippen LogP contribution < -0.4 is 22.5 Å². The molecule has 9 N–H and O–H groups in total. The van der Waals surface area contributed by atoms with E-state index in [1.54, 1.807) is 0 Å². The van der Waals surface area contributed by atoms with Gasteiger partial charge in [-0.3, -0.25) is 4.55 Å². The van der Waals surface area contributed by atoms with Gasteiger partial charge < -0.3 is 32.1 Å². The van der Waals surface area contributed by atoms with Crippen LogP contribution in [0.25, 0.3) is 0 Å². The van der Waals surface area contributed by atoms with Gasteiger partial charge in [-0.2, -0.15) is 8.42 Å². The molecule has 26 heavy (non-hydrogen) atoms. The Balaban J connectivity index is -0.00000264. The first-order valence-corrected chi connectivity index (χ1v) is 9.99. The zero-order chi connectivity index (χ0) is 18.6. The summed E-state index contributed by atoms with van der Waals surface area (Å²) in [7, 11) is -5.11. The van der Waals surface area contributed by atoms with Crippen molar-refractivity contribution in [2.24, 2.45) is 0 Å². The lowest BCUT2D eigenvalue weighted by Crippen LogP contribution is -2.56. The molecule has 0 saturated carbocycles. The van der Waals surface area contributed by atoms with Crippen molar-refractivity contribution in [1.29, 1.82) is 0 Å². The first kappa shape index (κ1) is 29.5.